The predicted molar refractivity (Wildman–Crippen MR) is 48.2 cm³/mol. The van der Waals surface area contributed by atoms with Crippen molar-refractivity contribution in [2.24, 2.45) is 10.9 Å². The zero-order chi connectivity index (χ0) is 9.78. The fraction of sp³-hybridized carbons (Fsp3) is 0.625. The number of carboxylic acids is 1. The fourth-order valence-electron chi connectivity index (χ4n) is 0.482. The van der Waals surface area contributed by atoms with Gasteiger partial charge in [-0.15, -0.1) is 0 Å². The van der Waals surface area contributed by atoms with Gasteiger partial charge in [-0.2, -0.15) is 0 Å². The second-order valence-corrected chi connectivity index (χ2v) is 3.48. The van der Waals surface area contributed by atoms with Crippen LogP contribution >= 0.6 is 0 Å². The first-order valence-electron chi connectivity index (χ1n) is 3.65. The van der Waals surface area contributed by atoms with Crippen molar-refractivity contribution in [2.45, 2.75) is 26.3 Å². The Bertz CT molecular complexity index is 204. The highest BCUT2D eigenvalue weighted by Gasteiger charge is 2.13. The van der Waals surface area contributed by atoms with Crippen LogP contribution in [0.1, 0.15) is 20.8 Å². The fourth-order valence-corrected chi connectivity index (χ4v) is 0.482. The maximum absolute atomic E-state index is 10.4. The first-order valence-corrected chi connectivity index (χ1v) is 3.65. The van der Waals surface area contributed by atoms with Gasteiger partial charge in [0, 0.05) is 12.4 Å². The Morgan fingerprint density at radius 3 is 2.33 bits per heavy atom. The topological polar surface area (TPSA) is 73.5 Å². The predicted octanol–water partition coefficient (Wildman–Crippen LogP) is 1.21. The lowest BCUT2D eigenvalue weighted by molar-refractivity contribution is -0.137. The van der Waals surface area contributed by atoms with Crippen molar-refractivity contribution >= 4 is 18.4 Å². The molecule has 0 radical (unpaired) electrons. The molecule has 4 heteroatoms. The van der Waals surface area contributed by atoms with Crippen LogP contribution in [0.3, 0.4) is 0 Å². The van der Waals surface area contributed by atoms with Gasteiger partial charge in [0.25, 0.3) is 0 Å². The molecule has 4 nitrogen and oxygen atoms in total. The number of rotatable bonds is 3. The van der Waals surface area contributed by atoms with Crippen LogP contribution in [-0.2, 0) is 4.79 Å². The van der Waals surface area contributed by atoms with Gasteiger partial charge in [-0.05, 0) is 20.8 Å². The van der Waals surface area contributed by atoms with E-state index in [-0.39, 0.29) is 5.54 Å². The second-order valence-electron chi connectivity index (χ2n) is 3.48. The Morgan fingerprint density at radius 1 is 1.58 bits per heavy atom. The van der Waals surface area contributed by atoms with E-state index in [9.17, 15) is 4.79 Å². The molecule has 1 unspecified atom stereocenters. The molecule has 0 amide bonds. The van der Waals surface area contributed by atoms with Crippen molar-refractivity contribution in [1.82, 2.24) is 0 Å². The van der Waals surface area contributed by atoms with Gasteiger partial charge in [0.1, 0.15) is 5.92 Å². The van der Waals surface area contributed by atoms with Crippen molar-refractivity contribution in [1.29, 1.82) is 5.41 Å². The van der Waals surface area contributed by atoms with Gasteiger partial charge in [0.05, 0.1) is 5.54 Å². The largest absolute Gasteiger partial charge is 0.480 e. The van der Waals surface area contributed by atoms with Gasteiger partial charge in [-0.1, -0.05) is 0 Å². The van der Waals surface area contributed by atoms with E-state index >= 15 is 0 Å². The molecule has 0 rings (SSSR count). The molecule has 1 atom stereocenters. The standard InChI is InChI=1S/C8H14N2O2/c1-8(2,3)10-5-6(4-9)7(11)12/h4-6,9H,1-3H3,(H,11,12). The Balaban J connectivity index is 4.30. The maximum atomic E-state index is 10.4. The molecule has 0 spiro atoms. The third-order valence-corrected chi connectivity index (χ3v) is 1.09. The Labute approximate surface area is 71.8 Å². The molecule has 0 aliphatic carbocycles. The van der Waals surface area contributed by atoms with Crippen molar-refractivity contribution < 1.29 is 9.90 Å². The number of hydrogen-bond donors (Lipinski definition) is 2. The third kappa shape index (κ3) is 4.60. The molecule has 0 aromatic carbocycles. The van der Waals surface area contributed by atoms with Crippen LogP contribution in [0.15, 0.2) is 4.99 Å². The molecule has 2 N–H and O–H groups in total. The minimum Gasteiger partial charge on any atom is -0.480 e. The molecular weight excluding hydrogens is 156 g/mol. The van der Waals surface area contributed by atoms with Crippen molar-refractivity contribution in [3.63, 3.8) is 0 Å². The Hall–Kier alpha value is -1.19. The molecule has 0 saturated heterocycles. The SMILES string of the molecule is CC(C)(C)N=CC(C=N)C(=O)O. The Morgan fingerprint density at radius 2 is 2.08 bits per heavy atom. The number of carbonyl (C=O) groups is 1. The molecule has 0 aromatic heterocycles. The smallest absolute Gasteiger partial charge is 0.317 e. The van der Waals surface area contributed by atoms with Crippen LogP contribution in [0, 0.1) is 11.3 Å². The highest BCUT2D eigenvalue weighted by atomic mass is 16.4. The van der Waals surface area contributed by atoms with Crippen LogP contribution < -0.4 is 0 Å². The van der Waals surface area contributed by atoms with Gasteiger partial charge in [-0.3, -0.25) is 9.79 Å². The average molecular weight is 170 g/mol. The summed E-state index contributed by atoms with van der Waals surface area (Å²) in [6.45, 7) is 5.60. The first kappa shape index (κ1) is 10.8. The molecule has 0 fully saturated rings. The molecule has 0 heterocycles. The van der Waals surface area contributed by atoms with E-state index in [4.69, 9.17) is 10.5 Å². The molecule has 12 heavy (non-hydrogen) atoms. The van der Waals surface area contributed by atoms with Crippen LogP contribution in [-0.4, -0.2) is 29.0 Å². The number of hydrogen-bond acceptors (Lipinski definition) is 3. The molecule has 0 saturated carbocycles. The Kier molecular flexibility index (Phi) is 3.60. The molecule has 0 aliphatic heterocycles. The lowest BCUT2D eigenvalue weighted by Gasteiger charge is -2.11. The summed E-state index contributed by atoms with van der Waals surface area (Å²) < 4.78 is 0. The zero-order valence-corrected chi connectivity index (χ0v) is 7.53. The van der Waals surface area contributed by atoms with E-state index in [0.29, 0.717) is 0 Å². The average Bonchev–Trinajstić information content (AvgIpc) is 1.85. The molecular formula is C8H14N2O2. The number of aliphatic imine (C=N–C) groups is 1. The van der Waals surface area contributed by atoms with Crippen molar-refractivity contribution in [3.8, 4) is 0 Å². The highest BCUT2D eigenvalue weighted by Crippen LogP contribution is 2.05. The van der Waals surface area contributed by atoms with Gasteiger partial charge in [-0.25, -0.2) is 0 Å². The highest BCUT2D eigenvalue weighted by molar-refractivity contribution is 6.03. The number of carboxylic acid groups (broad SMARTS) is 1. The van der Waals surface area contributed by atoms with Gasteiger partial charge < -0.3 is 10.5 Å². The van der Waals surface area contributed by atoms with E-state index in [1.807, 2.05) is 20.8 Å². The third-order valence-electron chi connectivity index (χ3n) is 1.09. The number of aliphatic carboxylic acids is 1. The van der Waals surface area contributed by atoms with Crippen molar-refractivity contribution in [3.05, 3.63) is 0 Å². The minimum absolute atomic E-state index is 0.281. The maximum Gasteiger partial charge on any atom is 0.317 e. The van der Waals surface area contributed by atoms with Crippen LogP contribution in [0.5, 0.6) is 0 Å². The second kappa shape index (κ2) is 3.99. The van der Waals surface area contributed by atoms with E-state index in [0.717, 1.165) is 6.21 Å². The van der Waals surface area contributed by atoms with Crippen LogP contribution in [0.2, 0.25) is 0 Å². The van der Waals surface area contributed by atoms with E-state index in [1.54, 1.807) is 0 Å². The lowest BCUT2D eigenvalue weighted by Crippen LogP contribution is -2.19. The lowest BCUT2D eigenvalue weighted by atomic mass is 10.1. The summed E-state index contributed by atoms with van der Waals surface area (Å²) in [5, 5.41) is 15.3. The molecule has 0 aromatic rings. The van der Waals surface area contributed by atoms with E-state index < -0.39 is 11.9 Å². The summed E-state index contributed by atoms with van der Waals surface area (Å²) >= 11 is 0. The summed E-state index contributed by atoms with van der Waals surface area (Å²) in [7, 11) is 0. The summed E-state index contributed by atoms with van der Waals surface area (Å²) in [5.41, 5.74) is -0.281. The van der Waals surface area contributed by atoms with E-state index in [1.165, 1.54) is 6.21 Å². The van der Waals surface area contributed by atoms with Gasteiger partial charge in [0.15, 0.2) is 0 Å². The number of nitrogens with one attached hydrogen (secondary N) is 1. The summed E-state index contributed by atoms with van der Waals surface area (Å²) in [6, 6.07) is 0. The summed E-state index contributed by atoms with van der Waals surface area (Å²) in [6.07, 6.45) is 2.15. The molecule has 0 bridgehead atoms. The zero-order valence-electron chi connectivity index (χ0n) is 7.53. The summed E-state index contributed by atoms with van der Waals surface area (Å²) in [5.74, 6) is -1.94. The summed E-state index contributed by atoms with van der Waals surface area (Å²) in [4.78, 5) is 14.4. The quantitative estimate of drug-likeness (QED) is 0.625. The van der Waals surface area contributed by atoms with Crippen LogP contribution in [0.25, 0.3) is 0 Å². The minimum atomic E-state index is -1.04. The van der Waals surface area contributed by atoms with E-state index in [2.05, 4.69) is 4.99 Å². The van der Waals surface area contributed by atoms with Gasteiger partial charge >= 0.3 is 5.97 Å². The molecule has 68 valence electrons. The van der Waals surface area contributed by atoms with Gasteiger partial charge in [0.2, 0.25) is 0 Å². The monoisotopic (exact) mass is 170 g/mol. The number of nitrogens with zero attached hydrogens (tertiary/aromatic N) is 1. The molecule has 0 aliphatic rings. The van der Waals surface area contributed by atoms with Crippen LogP contribution in [0.4, 0.5) is 0 Å². The normalized spacial score (nSPS) is 14.6. The first-order chi connectivity index (χ1) is 5.37. The van der Waals surface area contributed by atoms with Crippen molar-refractivity contribution in [2.75, 3.05) is 0 Å².